The van der Waals surface area contributed by atoms with Crippen molar-refractivity contribution in [2.24, 2.45) is 0 Å². The Bertz CT molecular complexity index is 364. The molecule has 0 bridgehead atoms. The maximum atomic E-state index is 11.5. The van der Waals surface area contributed by atoms with Gasteiger partial charge in [0.1, 0.15) is 5.75 Å². The van der Waals surface area contributed by atoms with E-state index in [1.807, 2.05) is 0 Å². The Balaban J connectivity index is 2.62. The van der Waals surface area contributed by atoms with Crippen LogP contribution in [0, 0.1) is 0 Å². The van der Waals surface area contributed by atoms with Crippen molar-refractivity contribution in [3.05, 3.63) is 24.3 Å². The summed E-state index contributed by atoms with van der Waals surface area (Å²) in [5, 5.41) is 0. The Hall–Kier alpha value is -0.810. The normalized spacial score (nSPS) is 13.3. The van der Waals surface area contributed by atoms with E-state index in [1.54, 1.807) is 24.3 Å². The third-order valence-electron chi connectivity index (χ3n) is 1.59. The summed E-state index contributed by atoms with van der Waals surface area (Å²) in [7, 11) is -2.60. The van der Waals surface area contributed by atoms with Crippen LogP contribution < -0.4 is 4.74 Å². The van der Waals surface area contributed by atoms with Crippen LogP contribution in [0.1, 0.15) is 0 Å². The molecule has 0 saturated carbocycles. The molecular weight excluding hydrogens is 239 g/mol. The molecule has 1 unspecified atom stereocenters. The van der Waals surface area contributed by atoms with Crippen molar-refractivity contribution in [3.63, 3.8) is 0 Å². The summed E-state index contributed by atoms with van der Waals surface area (Å²) < 4.78 is 30.9. The Morgan fingerprint density at radius 1 is 1.40 bits per heavy atom. The lowest BCUT2D eigenvalue weighted by molar-refractivity contribution is 0.327. The van der Waals surface area contributed by atoms with Crippen LogP contribution in [0.4, 0.5) is 0 Å². The molecule has 1 N–H and O–H groups in total. The Morgan fingerprint density at radius 2 is 2.00 bits per heavy atom. The molecule has 0 saturated heterocycles. The molecule has 0 fully saturated rings. The average molecular weight is 249 g/mol. The first-order valence-corrected chi connectivity index (χ1v) is 6.40. The second-order valence-corrected chi connectivity index (χ2v) is 4.64. The van der Waals surface area contributed by atoms with E-state index in [-0.39, 0.29) is 5.94 Å². The van der Waals surface area contributed by atoms with Gasteiger partial charge in [-0.25, -0.2) is 0 Å². The number of methoxy groups -OCH3 is 1. The van der Waals surface area contributed by atoms with E-state index in [9.17, 15) is 8.77 Å². The van der Waals surface area contributed by atoms with Crippen LogP contribution in [0.2, 0.25) is 0 Å². The monoisotopic (exact) mass is 249 g/mol. The molecule has 7 heteroatoms. The van der Waals surface area contributed by atoms with Gasteiger partial charge >= 0.3 is 8.25 Å². The fourth-order valence-electron chi connectivity index (χ4n) is 0.889. The molecule has 15 heavy (non-hydrogen) atoms. The van der Waals surface area contributed by atoms with E-state index >= 15 is 0 Å². The molecule has 0 aromatic heterocycles. The van der Waals surface area contributed by atoms with E-state index in [0.29, 0.717) is 10.6 Å². The van der Waals surface area contributed by atoms with Gasteiger partial charge in [-0.15, -0.1) is 9.42 Å². The van der Waals surface area contributed by atoms with Gasteiger partial charge in [0.25, 0.3) is 0 Å². The summed E-state index contributed by atoms with van der Waals surface area (Å²) in [5.74, 6) is 0.364. The Morgan fingerprint density at radius 3 is 2.47 bits per heavy atom. The topological polar surface area (TPSA) is 72.8 Å². The van der Waals surface area contributed by atoms with Crippen LogP contribution >= 0.6 is 8.25 Å². The number of ether oxygens (including phenoxy) is 1. The zero-order valence-corrected chi connectivity index (χ0v) is 9.66. The molecule has 0 aliphatic carbocycles. The smallest absolute Gasteiger partial charge is 0.497 e. The van der Waals surface area contributed by atoms with E-state index < -0.39 is 19.1 Å². The highest BCUT2D eigenvalue weighted by Crippen LogP contribution is 2.18. The van der Waals surface area contributed by atoms with Crippen molar-refractivity contribution < 1.29 is 22.9 Å². The van der Waals surface area contributed by atoms with Gasteiger partial charge in [0.05, 0.1) is 17.9 Å². The van der Waals surface area contributed by atoms with Crippen molar-refractivity contribution in [2.75, 3.05) is 13.0 Å². The molecule has 0 aliphatic heterocycles. The van der Waals surface area contributed by atoms with Crippen molar-refractivity contribution >= 4 is 19.1 Å². The number of hydrogen-bond donors (Lipinski definition) is 1. The molecule has 1 aromatic rings. The maximum absolute atomic E-state index is 11.5. The highest BCUT2D eigenvalue weighted by atomic mass is 32.2. The summed E-state index contributed by atoms with van der Waals surface area (Å²) in [6, 6.07) is 6.55. The summed E-state index contributed by atoms with van der Waals surface area (Å²) in [5.41, 5.74) is 0. The second kappa shape index (κ2) is 5.92. The molecule has 1 rings (SSSR count). The Labute approximate surface area is 90.4 Å². The van der Waals surface area contributed by atoms with Gasteiger partial charge in [0.2, 0.25) is 0 Å². The summed E-state index contributed by atoms with van der Waals surface area (Å²) in [6.45, 7) is 0. The van der Waals surface area contributed by atoms with Gasteiger partial charge < -0.3 is 4.74 Å². The predicted molar refractivity (Wildman–Crippen MR) is 55.2 cm³/mol. The average Bonchev–Trinajstić information content (AvgIpc) is 2.26. The lowest BCUT2D eigenvalue weighted by Gasteiger charge is -2.00. The standard InChI is InChI=1S/C8H9O5PS/c1-12-7-2-4-8(5-3-7)15(11)6-13-14(9)10/h2-5H,6H2,1H3/p+1/t15-/m1/s1. The van der Waals surface area contributed by atoms with Crippen molar-refractivity contribution in [2.45, 2.75) is 4.90 Å². The molecule has 0 amide bonds. The van der Waals surface area contributed by atoms with Gasteiger partial charge in [-0.1, -0.05) is 0 Å². The van der Waals surface area contributed by atoms with E-state index in [2.05, 4.69) is 4.52 Å². The number of rotatable bonds is 5. The highest BCUT2D eigenvalue weighted by molar-refractivity contribution is 7.85. The van der Waals surface area contributed by atoms with Gasteiger partial charge in [0, 0.05) is 9.46 Å². The first-order valence-electron chi connectivity index (χ1n) is 3.95. The molecule has 1 aromatic carbocycles. The van der Waals surface area contributed by atoms with E-state index in [0.717, 1.165) is 0 Å². The van der Waals surface area contributed by atoms with Crippen LogP contribution in [-0.2, 0) is 19.9 Å². The third-order valence-corrected chi connectivity index (χ3v) is 3.25. The lowest BCUT2D eigenvalue weighted by atomic mass is 10.3. The zero-order chi connectivity index (χ0) is 11.3. The number of hydrogen-bond acceptors (Lipinski definition) is 4. The molecule has 0 aliphatic rings. The third kappa shape index (κ3) is 4.05. The first-order chi connectivity index (χ1) is 7.13. The quantitative estimate of drug-likeness (QED) is 0.799. The van der Waals surface area contributed by atoms with E-state index in [4.69, 9.17) is 9.63 Å². The van der Waals surface area contributed by atoms with Crippen molar-refractivity contribution in [3.8, 4) is 5.75 Å². The van der Waals surface area contributed by atoms with Gasteiger partial charge in [0.15, 0.2) is 5.94 Å². The summed E-state index contributed by atoms with van der Waals surface area (Å²) in [6.07, 6.45) is 0. The minimum Gasteiger partial charge on any atom is -0.497 e. The molecule has 82 valence electrons. The molecular formula is C8H10O5PS+. The molecule has 0 heterocycles. The fraction of sp³-hybridized carbons (Fsp3) is 0.250. The maximum Gasteiger partial charge on any atom is 0.695 e. The summed E-state index contributed by atoms with van der Waals surface area (Å²) in [4.78, 5) is 8.88. The Kier molecular flexibility index (Phi) is 4.84. The zero-order valence-electron chi connectivity index (χ0n) is 7.95. The highest BCUT2D eigenvalue weighted by Gasteiger charge is 2.15. The van der Waals surface area contributed by atoms with Crippen LogP contribution in [0.25, 0.3) is 0 Å². The number of benzene rings is 1. The van der Waals surface area contributed by atoms with Gasteiger partial charge in [-0.2, -0.15) is 0 Å². The predicted octanol–water partition coefficient (Wildman–Crippen LogP) is 1.43. The molecule has 0 spiro atoms. The first kappa shape index (κ1) is 12.3. The summed E-state index contributed by atoms with van der Waals surface area (Å²) >= 11 is 0. The van der Waals surface area contributed by atoms with Crippen LogP contribution in [0.3, 0.4) is 0 Å². The van der Waals surface area contributed by atoms with Crippen LogP contribution in [0.5, 0.6) is 5.75 Å². The largest absolute Gasteiger partial charge is 0.695 e. The van der Waals surface area contributed by atoms with Crippen molar-refractivity contribution in [1.29, 1.82) is 0 Å². The van der Waals surface area contributed by atoms with Gasteiger partial charge in [-0.3, -0.25) is 4.21 Å². The van der Waals surface area contributed by atoms with Crippen LogP contribution in [0.15, 0.2) is 29.2 Å². The minimum absolute atomic E-state index is 0.294. The molecule has 0 radical (unpaired) electrons. The fourth-order valence-corrected chi connectivity index (χ4v) is 2.21. The van der Waals surface area contributed by atoms with Crippen molar-refractivity contribution in [1.82, 2.24) is 0 Å². The van der Waals surface area contributed by atoms with E-state index in [1.165, 1.54) is 7.11 Å². The SMILES string of the molecule is COc1ccc([S@](=O)CO[P+](=O)O)cc1. The molecule has 2 atom stereocenters. The molecule has 5 nitrogen and oxygen atoms in total. The van der Waals surface area contributed by atoms with Crippen LogP contribution in [-0.4, -0.2) is 22.2 Å². The second-order valence-electron chi connectivity index (χ2n) is 2.51. The van der Waals surface area contributed by atoms with Gasteiger partial charge in [-0.05, 0) is 24.3 Å². The minimum atomic E-state index is -2.70. The lowest BCUT2D eigenvalue weighted by Crippen LogP contribution is -1.98.